The van der Waals surface area contributed by atoms with Gasteiger partial charge in [-0.1, -0.05) is 38.0 Å². The molecule has 0 saturated heterocycles. The van der Waals surface area contributed by atoms with Crippen molar-refractivity contribution in [3.8, 4) is 0 Å². The summed E-state index contributed by atoms with van der Waals surface area (Å²) in [6.07, 6.45) is 0.854. The molecule has 1 atom stereocenters. The largest absolute Gasteiger partial charge is 0.391 e. The minimum absolute atomic E-state index is 0.0192. The Morgan fingerprint density at radius 2 is 1.95 bits per heavy atom. The third-order valence-corrected chi connectivity index (χ3v) is 6.13. The van der Waals surface area contributed by atoms with E-state index < -0.39 is 21.0 Å². The summed E-state index contributed by atoms with van der Waals surface area (Å²) < 4.78 is 26.3. The number of nitrogens with one attached hydrogen (secondary N) is 2. The number of aliphatic hydroxyl groups excluding tert-OH is 1. The summed E-state index contributed by atoms with van der Waals surface area (Å²) in [6.45, 7) is 5.39. The van der Waals surface area contributed by atoms with Crippen LogP contribution in [-0.2, 0) is 10.0 Å². The number of H-pyrrole nitrogens is 1. The van der Waals surface area contributed by atoms with Gasteiger partial charge >= 0.3 is 4.87 Å². The summed E-state index contributed by atoms with van der Waals surface area (Å²) in [5.41, 5.74) is 0.319. The maximum atomic E-state index is 12.0. The van der Waals surface area contributed by atoms with Crippen molar-refractivity contribution >= 4 is 21.4 Å². The van der Waals surface area contributed by atoms with Crippen LogP contribution >= 0.6 is 11.3 Å². The number of hydrogen-bond donors (Lipinski definition) is 3. The summed E-state index contributed by atoms with van der Waals surface area (Å²) in [5, 5.41) is 9.90. The second kappa shape index (κ2) is 6.65. The Labute approximate surface area is 116 Å². The predicted octanol–water partition coefficient (Wildman–Crippen LogP) is 0.820. The van der Waals surface area contributed by atoms with Crippen LogP contribution in [0.25, 0.3) is 0 Å². The van der Waals surface area contributed by atoms with Crippen molar-refractivity contribution in [1.29, 1.82) is 0 Å². The van der Waals surface area contributed by atoms with Crippen LogP contribution in [0.3, 0.4) is 0 Å². The lowest BCUT2D eigenvalue weighted by Crippen LogP contribution is -2.36. The van der Waals surface area contributed by atoms with E-state index in [0.29, 0.717) is 17.0 Å². The maximum Gasteiger partial charge on any atom is 0.305 e. The van der Waals surface area contributed by atoms with Crippen LogP contribution in [-0.4, -0.2) is 31.2 Å². The Balaban J connectivity index is 2.76. The number of aryl methyl sites for hydroxylation is 1. The number of sulfonamides is 1. The van der Waals surface area contributed by atoms with Crippen LogP contribution in [0, 0.1) is 12.8 Å². The molecule has 0 saturated carbocycles. The molecule has 1 heterocycles. The topological polar surface area (TPSA) is 99.3 Å². The first-order valence-electron chi connectivity index (χ1n) is 6.19. The molecule has 1 aromatic heterocycles. The van der Waals surface area contributed by atoms with Gasteiger partial charge in [0.05, 0.1) is 6.10 Å². The number of aromatic amines is 1. The number of aliphatic hydroxyl groups is 1. The number of rotatable bonds is 7. The minimum Gasteiger partial charge on any atom is -0.391 e. The molecule has 0 aliphatic rings. The van der Waals surface area contributed by atoms with E-state index >= 15 is 0 Å². The summed E-state index contributed by atoms with van der Waals surface area (Å²) >= 11 is 0.650. The van der Waals surface area contributed by atoms with E-state index in [4.69, 9.17) is 0 Å². The van der Waals surface area contributed by atoms with Crippen molar-refractivity contribution in [3.63, 3.8) is 0 Å². The number of aromatic nitrogens is 1. The molecule has 19 heavy (non-hydrogen) atoms. The van der Waals surface area contributed by atoms with Gasteiger partial charge in [-0.15, -0.1) is 0 Å². The van der Waals surface area contributed by atoms with E-state index in [9.17, 15) is 18.3 Å². The average Bonchev–Trinajstić information content (AvgIpc) is 2.68. The number of hydrogen-bond acceptors (Lipinski definition) is 5. The van der Waals surface area contributed by atoms with Crippen LogP contribution in [0.5, 0.6) is 0 Å². The molecule has 1 unspecified atom stereocenters. The Morgan fingerprint density at radius 3 is 2.37 bits per heavy atom. The van der Waals surface area contributed by atoms with Crippen molar-refractivity contribution in [2.45, 2.75) is 43.9 Å². The summed E-state index contributed by atoms with van der Waals surface area (Å²) in [6, 6.07) is 0. The summed E-state index contributed by atoms with van der Waals surface area (Å²) in [5.74, 6) is 0.0637. The summed E-state index contributed by atoms with van der Waals surface area (Å²) in [4.78, 5) is 13.1. The highest BCUT2D eigenvalue weighted by molar-refractivity contribution is 7.91. The van der Waals surface area contributed by atoms with Gasteiger partial charge < -0.3 is 10.1 Å². The van der Waals surface area contributed by atoms with Crippen molar-refractivity contribution in [3.05, 3.63) is 15.4 Å². The van der Waals surface area contributed by atoms with Crippen LogP contribution in [0.4, 0.5) is 0 Å². The normalized spacial score (nSPS) is 13.9. The lowest BCUT2D eigenvalue weighted by atomic mass is 9.97. The van der Waals surface area contributed by atoms with Gasteiger partial charge in [0.25, 0.3) is 10.0 Å². The second-order valence-electron chi connectivity index (χ2n) is 4.42. The third kappa shape index (κ3) is 4.13. The van der Waals surface area contributed by atoms with Gasteiger partial charge in [0.15, 0.2) is 4.21 Å². The van der Waals surface area contributed by atoms with Gasteiger partial charge in [0, 0.05) is 12.2 Å². The number of thiazole rings is 1. The highest BCUT2D eigenvalue weighted by atomic mass is 32.2. The lowest BCUT2D eigenvalue weighted by Gasteiger charge is -2.20. The molecule has 0 aromatic carbocycles. The minimum atomic E-state index is -3.74. The molecule has 0 bridgehead atoms. The summed E-state index contributed by atoms with van der Waals surface area (Å²) in [7, 11) is -3.74. The maximum absolute atomic E-state index is 12.0. The first-order valence-corrected chi connectivity index (χ1v) is 8.49. The van der Waals surface area contributed by atoms with Gasteiger partial charge in [-0.3, -0.25) is 4.79 Å². The van der Waals surface area contributed by atoms with Crippen LogP contribution in [0.15, 0.2) is 9.00 Å². The van der Waals surface area contributed by atoms with Gasteiger partial charge in [0.1, 0.15) is 0 Å². The molecular weight excluding hydrogens is 288 g/mol. The zero-order valence-electron chi connectivity index (χ0n) is 11.3. The van der Waals surface area contributed by atoms with Crippen molar-refractivity contribution < 1.29 is 13.5 Å². The van der Waals surface area contributed by atoms with Crippen molar-refractivity contribution in [2.75, 3.05) is 6.54 Å². The van der Waals surface area contributed by atoms with Crippen LogP contribution in [0.1, 0.15) is 32.4 Å². The third-order valence-electron chi connectivity index (χ3n) is 3.10. The van der Waals surface area contributed by atoms with E-state index in [1.807, 2.05) is 13.8 Å². The highest BCUT2D eigenvalue weighted by Crippen LogP contribution is 2.17. The van der Waals surface area contributed by atoms with E-state index in [-0.39, 0.29) is 16.7 Å². The first kappa shape index (κ1) is 16.4. The van der Waals surface area contributed by atoms with E-state index in [1.165, 1.54) is 6.92 Å². The van der Waals surface area contributed by atoms with E-state index in [0.717, 1.165) is 12.8 Å². The van der Waals surface area contributed by atoms with Crippen LogP contribution < -0.4 is 9.60 Å². The molecule has 3 N–H and O–H groups in total. The Kier molecular flexibility index (Phi) is 5.72. The molecule has 0 radical (unpaired) electrons. The van der Waals surface area contributed by atoms with Gasteiger partial charge in [-0.2, -0.15) is 0 Å². The SMILES string of the molecule is CCC(CC)C(O)CNS(=O)(=O)c1sc(=O)[nH]c1C. The first-order chi connectivity index (χ1) is 8.81. The Hall–Kier alpha value is -0.700. The second-order valence-corrected chi connectivity index (χ2v) is 7.37. The molecular formula is C11H20N2O4S2. The molecule has 0 spiro atoms. The fourth-order valence-corrected chi connectivity index (χ4v) is 4.30. The van der Waals surface area contributed by atoms with E-state index in [2.05, 4.69) is 9.71 Å². The molecule has 0 amide bonds. The smallest absolute Gasteiger partial charge is 0.305 e. The molecule has 110 valence electrons. The molecule has 6 nitrogen and oxygen atoms in total. The molecule has 8 heteroatoms. The van der Waals surface area contributed by atoms with Gasteiger partial charge in [0.2, 0.25) is 0 Å². The molecule has 0 fully saturated rings. The molecule has 1 aromatic rings. The zero-order chi connectivity index (χ0) is 14.6. The average molecular weight is 308 g/mol. The van der Waals surface area contributed by atoms with Crippen molar-refractivity contribution in [2.24, 2.45) is 5.92 Å². The fraction of sp³-hybridized carbons (Fsp3) is 0.727. The Morgan fingerprint density at radius 1 is 1.37 bits per heavy atom. The molecule has 1 rings (SSSR count). The molecule has 0 aliphatic heterocycles. The van der Waals surface area contributed by atoms with Crippen molar-refractivity contribution in [1.82, 2.24) is 9.71 Å². The molecule has 0 aliphatic carbocycles. The van der Waals surface area contributed by atoms with Gasteiger partial charge in [-0.05, 0) is 12.8 Å². The van der Waals surface area contributed by atoms with E-state index in [1.54, 1.807) is 0 Å². The standard InChI is InChI=1S/C11H20N2O4S2/c1-4-8(5-2)9(14)6-12-19(16,17)10-7(3)13-11(15)18-10/h8-9,12,14H,4-6H2,1-3H3,(H,13,15). The van der Waals surface area contributed by atoms with Crippen LogP contribution in [0.2, 0.25) is 0 Å². The lowest BCUT2D eigenvalue weighted by molar-refractivity contribution is 0.107. The fourth-order valence-electron chi connectivity index (χ4n) is 1.91. The monoisotopic (exact) mass is 308 g/mol. The quantitative estimate of drug-likeness (QED) is 0.694. The van der Waals surface area contributed by atoms with Gasteiger partial charge in [-0.25, -0.2) is 13.1 Å². The zero-order valence-corrected chi connectivity index (χ0v) is 12.9. The highest BCUT2D eigenvalue weighted by Gasteiger charge is 2.23. The predicted molar refractivity (Wildman–Crippen MR) is 74.9 cm³/mol. The Bertz CT molecular complexity index is 557.